The van der Waals surface area contributed by atoms with E-state index in [4.69, 9.17) is 9.15 Å². The van der Waals surface area contributed by atoms with Crippen LogP contribution in [0.1, 0.15) is 17.9 Å². The highest BCUT2D eigenvalue weighted by Gasteiger charge is 2.27. The molecule has 0 saturated heterocycles. The minimum absolute atomic E-state index is 0.124. The van der Waals surface area contributed by atoms with Gasteiger partial charge in [-0.15, -0.1) is 0 Å². The van der Waals surface area contributed by atoms with Gasteiger partial charge in [0, 0.05) is 31.6 Å². The topological polar surface area (TPSA) is 99.2 Å². The van der Waals surface area contributed by atoms with Gasteiger partial charge in [-0.25, -0.2) is 13.4 Å². The zero-order valence-electron chi connectivity index (χ0n) is 18.1. The Kier molecular flexibility index (Phi) is 6.89. The van der Waals surface area contributed by atoms with E-state index >= 15 is 0 Å². The Balaban J connectivity index is 1.57. The molecule has 0 aliphatic rings. The average molecular weight is 465 g/mol. The smallest absolute Gasteiger partial charge is 0.233 e. The van der Waals surface area contributed by atoms with Gasteiger partial charge >= 0.3 is 0 Å². The summed E-state index contributed by atoms with van der Waals surface area (Å²) in [5, 5.41) is 2.96. The number of hydrogen-bond donors (Lipinski definition) is 1. The Morgan fingerprint density at radius 2 is 1.88 bits per heavy atom. The first kappa shape index (κ1) is 22.3. The van der Waals surface area contributed by atoms with Crippen molar-refractivity contribution < 1.29 is 17.6 Å². The van der Waals surface area contributed by atoms with E-state index in [0.29, 0.717) is 6.54 Å². The minimum Gasteiger partial charge on any atom is -0.497 e. The van der Waals surface area contributed by atoms with Crippen molar-refractivity contribution >= 4 is 27.9 Å². The highest BCUT2D eigenvalue weighted by atomic mass is 32.2. The molecule has 2 heterocycles. The molecule has 0 saturated carbocycles. The SMILES string of the molecule is COc1ccc(C=Cc2nc(S(=O)(=O)c3ccccc3)c(NCCCn3ccnc3)o2)cc1. The van der Waals surface area contributed by atoms with Gasteiger partial charge in [0.2, 0.25) is 26.6 Å². The number of ether oxygens (including phenoxy) is 1. The third-order valence-corrected chi connectivity index (χ3v) is 6.57. The number of anilines is 1. The van der Waals surface area contributed by atoms with E-state index in [-0.39, 0.29) is 21.7 Å². The van der Waals surface area contributed by atoms with Crippen molar-refractivity contribution in [3.05, 3.63) is 84.8 Å². The molecule has 8 nitrogen and oxygen atoms in total. The van der Waals surface area contributed by atoms with Crippen LogP contribution in [0.4, 0.5) is 5.88 Å². The Morgan fingerprint density at radius 3 is 2.58 bits per heavy atom. The predicted octanol–water partition coefficient (Wildman–Crippen LogP) is 4.39. The van der Waals surface area contributed by atoms with E-state index in [0.717, 1.165) is 24.3 Å². The lowest BCUT2D eigenvalue weighted by molar-refractivity contribution is 0.415. The molecular formula is C24H24N4O4S. The van der Waals surface area contributed by atoms with E-state index < -0.39 is 9.84 Å². The first-order chi connectivity index (χ1) is 16.1. The second kappa shape index (κ2) is 10.2. The Hall–Kier alpha value is -3.85. The molecule has 0 atom stereocenters. The van der Waals surface area contributed by atoms with Gasteiger partial charge < -0.3 is 19.0 Å². The van der Waals surface area contributed by atoms with Crippen LogP contribution in [-0.2, 0) is 16.4 Å². The molecule has 0 radical (unpaired) electrons. The van der Waals surface area contributed by atoms with Crippen LogP contribution < -0.4 is 10.1 Å². The molecule has 0 aliphatic heterocycles. The van der Waals surface area contributed by atoms with Gasteiger partial charge in [0.25, 0.3) is 0 Å². The van der Waals surface area contributed by atoms with Gasteiger partial charge in [-0.3, -0.25) is 0 Å². The average Bonchev–Trinajstić information content (AvgIpc) is 3.52. The van der Waals surface area contributed by atoms with E-state index in [2.05, 4.69) is 15.3 Å². The molecule has 0 fully saturated rings. The molecule has 4 aromatic rings. The number of nitrogens with one attached hydrogen (secondary N) is 1. The maximum absolute atomic E-state index is 13.2. The number of imidazole rings is 1. The van der Waals surface area contributed by atoms with Gasteiger partial charge in [-0.05, 0) is 42.3 Å². The predicted molar refractivity (Wildman–Crippen MR) is 126 cm³/mol. The van der Waals surface area contributed by atoms with Crippen LogP contribution >= 0.6 is 0 Å². The van der Waals surface area contributed by atoms with Gasteiger partial charge in [0.1, 0.15) is 5.75 Å². The van der Waals surface area contributed by atoms with Crippen molar-refractivity contribution in [1.82, 2.24) is 14.5 Å². The second-order valence-corrected chi connectivity index (χ2v) is 9.06. The Labute approximate surface area is 192 Å². The van der Waals surface area contributed by atoms with Crippen LogP contribution in [0.15, 0.2) is 87.7 Å². The standard InChI is InChI=1S/C24H24N4O4S/c1-31-20-11-8-19(9-12-20)10-13-22-27-24(33(29,30)21-6-3-2-4-7-21)23(32-22)26-14-5-16-28-17-15-25-18-28/h2-4,6-13,15,17-18,26H,5,14,16H2,1H3. The summed E-state index contributed by atoms with van der Waals surface area (Å²) >= 11 is 0. The first-order valence-corrected chi connectivity index (χ1v) is 11.9. The van der Waals surface area contributed by atoms with Crippen molar-refractivity contribution in [2.45, 2.75) is 22.9 Å². The fraction of sp³-hybridized carbons (Fsp3) is 0.167. The highest BCUT2D eigenvalue weighted by molar-refractivity contribution is 7.91. The van der Waals surface area contributed by atoms with Gasteiger partial charge in [0.15, 0.2) is 0 Å². The molecule has 4 rings (SSSR count). The summed E-state index contributed by atoms with van der Waals surface area (Å²) in [4.78, 5) is 8.47. The molecule has 170 valence electrons. The van der Waals surface area contributed by atoms with Gasteiger partial charge in [-0.2, -0.15) is 4.98 Å². The zero-order valence-corrected chi connectivity index (χ0v) is 18.9. The number of aryl methyl sites for hydroxylation is 1. The van der Waals surface area contributed by atoms with Crippen LogP contribution in [0.25, 0.3) is 12.2 Å². The maximum Gasteiger partial charge on any atom is 0.233 e. The number of methoxy groups -OCH3 is 1. The number of oxazole rings is 1. The lowest BCUT2D eigenvalue weighted by Crippen LogP contribution is -2.09. The first-order valence-electron chi connectivity index (χ1n) is 10.4. The minimum atomic E-state index is -3.85. The van der Waals surface area contributed by atoms with Gasteiger partial charge in [-0.1, -0.05) is 30.3 Å². The summed E-state index contributed by atoms with van der Waals surface area (Å²) in [5.74, 6) is 1.07. The van der Waals surface area contributed by atoms with E-state index in [1.807, 2.05) is 35.0 Å². The number of aromatic nitrogens is 3. The molecule has 9 heteroatoms. The lowest BCUT2D eigenvalue weighted by atomic mass is 10.2. The highest BCUT2D eigenvalue weighted by Crippen LogP contribution is 2.29. The van der Waals surface area contributed by atoms with Crippen molar-refractivity contribution in [3.8, 4) is 5.75 Å². The van der Waals surface area contributed by atoms with E-state index in [9.17, 15) is 8.42 Å². The monoisotopic (exact) mass is 464 g/mol. The largest absolute Gasteiger partial charge is 0.497 e. The number of rotatable bonds is 10. The van der Waals surface area contributed by atoms with E-state index in [1.54, 1.807) is 62.1 Å². The molecule has 0 unspecified atom stereocenters. The second-order valence-electron chi connectivity index (χ2n) is 7.19. The summed E-state index contributed by atoms with van der Waals surface area (Å²) in [6, 6.07) is 15.6. The molecule has 2 aromatic heterocycles. The Bertz CT molecular complexity index is 1300. The zero-order chi connectivity index (χ0) is 23.1. The summed E-state index contributed by atoms with van der Waals surface area (Å²) < 4.78 is 39.4. The van der Waals surface area contributed by atoms with Gasteiger partial charge in [0.05, 0.1) is 18.3 Å². The fourth-order valence-electron chi connectivity index (χ4n) is 3.16. The molecular weight excluding hydrogens is 440 g/mol. The molecule has 0 bridgehead atoms. The van der Waals surface area contributed by atoms with Crippen molar-refractivity contribution in [3.63, 3.8) is 0 Å². The summed E-state index contributed by atoms with van der Waals surface area (Å²) in [7, 11) is -2.25. The van der Waals surface area contributed by atoms with Crippen LogP contribution in [0.2, 0.25) is 0 Å². The van der Waals surface area contributed by atoms with Crippen molar-refractivity contribution in [2.75, 3.05) is 19.0 Å². The third kappa shape index (κ3) is 5.50. The summed E-state index contributed by atoms with van der Waals surface area (Å²) in [5.41, 5.74) is 0.899. The van der Waals surface area contributed by atoms with Crippen molar-refractivity contribution in [1.29, 1.82) is 0 Å². The van der Waals surface area contributed by atoms with E-state index in [1.165, 1.54) is 0 Å². The number of sulfone groups is 1. The third-order valence-electron chi connectivity index (χ3n) is 4.89. The summed E-state index contributed by atoms with van der Waals surface area (Å²) in [6.07, 6.45) is 9.52. The molecule has 0 amide bonds. The molecule has 2 aromatic carbocycles. The normalized spacial score (nSPS) is 11.7. The molecule has 0 spiro atoms. The van der Waals surface area contributed by atoms with Crippen molar-refractivity contribution in [2.24, 2.45) is 0 Å². The number of nitrogens with zero attached hydrogens (tertiary/aromatic N) is 3. The quantitative estimate of drug-likeness (QED) is 0.348. The van der Waals surface area contributed by atoms with Crippen LogP contribution in [0, 0.1) is 0 Å². The molecule has 1 N–H and O–H groups in total. The van der Waals surface area contributed by atoms with Crippen LogP contribution in [0.3, 0.4) is 0 Å². The fourth-order valence-corrected chi connectivity index (χ4v) is 4.47. The number of hydrogen-bond acceptors (Lipinski definition) is 7. The van der Waals surface area contributed by atoms with Crippen LogP contribution in [0.5, 0.6) is 5.75 Å². The number of benzene rings is 2. The Morgan fingerprint density at radius 1 is 1.09 bits per heavy atom. The summed E-state index contributed by atoms with van der Waals surface area (Å²) in [6.45, 7) is 1.25. The lowest BCUT2D eigenvalue weighted by Gasteiger charge is -2.06. The molecule has 0 aliphatic carbocycles. The maximum atomic E-state index is 13.2. The van der Waals surface area contributed by atoms with Crippen LogP contribution in [-0.4, -0.2) is 36.6 Å². The molecule has 33 heavy (non-hydrogen) atoms.